The number of nitrogens with zero attached hydrogens (tertiary/aromatic N) is 3. The van der Waals surface area contributed by atoms with Crippen LogP contribution in [-0.4, -0.2) is 37.6 Å². The number of halogens is 1. The molecule has 1 aliphatic heterocycles. The molecule has 1 saturated carbocycles. The maximum absolute atomic E-state index is 14.2. The summed E-state index contributed by atoms with van der Waals surface area (Å²) in [5.74, 6) is 1.16. The number of nitrogens with one attached hydrogen (secondary N) is 1. The number of pyridine rings is 1. The molecule has 0 atom stereocenters. The van der Waals surface area contributed by atoms with Crippen LogP contribution in [0.15, 0.2) is 76.4 Å². The summed E-state index contributed by atoms with van der Waals surface area (Å²) in [6.45, 7) is 0. The second-order valence-electron chi connectivity index (χ2n) is 11.0. The molecular formula is C32H33FN4O3S. The first-order valence-corrected chi connectivity index (χ1v) is 15.5. The van der Waals surface area contributed by atoms with Crippen LogP contribution in [0.3, 0.4) is 0 Å². The van der Waals surface area contributed by atoms with Gasteiger partial charge in [-0.25, -0.2) is 14.2 Å². The molecule has 1 N–H and O–H groups in total. The fraction of sp³-hybridized carbons (Fsp3) is 0.375. The third-order valence-electron chi connectivity index (χ3n) is 8.38. The molecule has 7 nitrogen and oxygen atoms in total. The molecule has 1 amide bonds. The maximum atomic E-state index is 14.2. The normalized spacial score (nSPS) is 19.7. The fourth-order valence-corrected chi connectivity index (χ4v) is 7.33. The number of hydrogen-bond donors (Lipinski definition) is 1. The summed E-state index contributed by atoms with van der Waals surface area (Å²) in [6, 6.07) is 18.5. The van der Waals surface area contributed by atoms with Crippen molar-refractivity contribution in [3.05, 3.63) is 110 Å². The standard InChI is InChI=1S/C32H33FN4O3S/c33-23-19-28-29(34-20-23)36(26-14-16-41-17-15-26)32(40)37(31(28)39)25-12-10-24(11-13-25)35-30(38)27-9-5-4-8-22(27)18-21-6-2-1-3-7-21/h1-9,19-20,24-26H,10-18H2,(H,35,38)/t24-,25+. The summed E-state index contributed by atoms with van der Waals surface area (Å²) in [7, 11) is 0. The molecular weight excluding hydrogens is 539 g/mol. The molecule has 3 heterocycles. The summed E-state index contributed by atoms with van der Waals surface area (Å²) < 4.78 is 17.2. The van der Waals surface area contributed by atoms with Gasteiger partial charge in [-0.05, 0) is 79.7 Å². The highest BCUT2D eigenvalue weighted by Crippen LogP contribution is 2.30. The van der Waals surface area contributed by atoms with Crippen molar-refractivity contribution < 1.29 is 9.18 Å². The monoisotopic (exact) mass is 572 g/mol. The van der Waals surface area contributed by atoms with Crippen molar-refractivity contribution in [2.24, 2.45) is 0 Å². The fourth-order valence-electron chi connectivity index (χ4n) is 6.25. The Labute approximate surface area is 241 Å². The third kappa shape index (κ3) is 5.73. The Morgan fingerprint density at radius 2 is 1.59 bits per heavy atom. The summed E-state index contributed by atoms with van der Waals surface area (Å²) >= 11 is 1.85. The predicted octanol–water partition coefficient (Wildman–Crippen LogP) is 5.27. The lowest BCUT2D eigenvalue weighted by atomic mass is 9.90. The van der Waals surface area contributed by atoms with E-state index in [9.17, 15) is 18.8 Å². The van der Waals surface area contributed by atoms with Gasteiger partial charge < -0.3 is 5.32 Å². The van der Waals surface area contributed by atoms with Gasteiger partial charge in [-0.2, -0.15) is 11.8 Å². The first-order valence-electron chi connectivity index (χ1n) is 14.3. The first kappa shape index (κ1) is 27.4. The number of benzene rings is 2. The molecule has 0 unspecified atom stereocenters. The van der Waals surface area contributed by atoms with E-state index in [4.69, 9.17) is 0 Å². The van der Waals surface area contributed by atoms with Crippen LogP contribution in [-0.2, 0) is 6.42 Å². The number of hydrogen-bond acceptors (Lipinski definition) is 5. The van der Waals surface area contributed by atoms with Gasteiger partial charge in [0, 0.05) is 23.7 Å². The number of amides is 1. The number of thioether (sulfide) groups is 1. The molecule has 212 valence electrons. The quantitative estimate of drug-likeness (QED) is 0.340. The van der Waals surface area contributed by atoms with E-state index in [-0.39, 0.29) is 40.8 Å². The molecule has 2 aromatic heterocycles. The van der Waals surface area contributed by atoms with Gasteiger partial charge in [0.25, 0.3) is 11.5 Å². The van der Waals surface area contributed by atoms with Crippen LogP contribution < -0.4 is 16.6 Å². The van der Waals surface area contributed by atoms with Crippen LogP contribution in [0.2, 0.25) is 0 Å². The predicted molar refractivity (Wildman–Crippen MR) is 160 cm³/mol. The minimum atomic E-state index is -0.593. The molecule has 1 aliphatic carbocycles. The highest BCUT2D eigenvalue weighted by molar-refractivity contribution is 7.99. The molecule has 2 fully saturated rings. The van der Waals surface area contributed by atoms with Crippen molar-refractivity contribution >= 4 is 28.7 Å². The molecule has 41 heavy (non-hydrogen) atoms. The number of carbonyl (C=O) groups excluding carboxylic acids is 1. The van der Waals surface area contributed by atoms with Crippen molar-refractivity contribution in [2.75, 3.05) is 11.5 Å². The van der Waals surface area contributed by atoms with Crippen LogP contribution in [0.1, 0.15) is 72.1 Å². The lowest BCUT2D eigenvalue weighted by Gasteiger charge is -2.31. The molecule has 1 saturated heterocycles. The first-order chi connectivity index (χ1) is 20.0. The SMILES string of the molecule is O=C(N[C@H]1CC[C@@H](n2c(=O)c3cc(F)cnc3n(C3CCSCC3)c2=O)CC1)c1ccccc1Cc1ccccc1. The van der Waals surface area contributed by atoms with Crippen molar-refractivity contribution in [1.29, 1.82) is 0 Å². The summed E-state index contributed by atoms with van der Waals surface area (Å²) in [5.41, 5.74) is 2.19. The molecule has 9 heteroatoms. The summed E-state index contributed by atoms with van der Waals surface area (Å²) in [6.07, 6.45) is 5.78. The smallest absolute Gasteiger partial charge is 0.333 e. The van der Waals surface area contributed by atoms with Gasteiger partial charge in [0.2, 0.25) is 0 Å². The zero-order valence-corrected chi connectivity index (χ0v) is 23.6. The molecule has 6 rings (SSSR count). The Balaban J connectivity index is 1.21. The Hall–Kier alpha value is -3.72. The second-order valence-corrected chi connectivity index (χ2v) is 12.2. The van der Waals surface area contributed by atoms with E-state index in [0.717, 1.165) is 41.7 Å². The molecule has 2 aliphatic rings. The van der Waals surface area contributed by atoms with Gasteiger partial charge in [0.05, 0.1) is 11.6 Å². The van der Waals surface area contributed by atoms with Crippen molar-refractivity contribution in [3.8, 4) is 0 Å². The van der Waals surface area contributed by atoms with Crippen LogP contribution in [0.5, 0.6) is 0 Å². The Bertz CT molecular complexity index is 1670. The number of fused-ring (bicyclic) bond motifs is 1. The Morgan fingerprint density at radius 3 is 2.34 bits per heavy atom. The van der Waals surface area contributed by atoms with E-state index < -0.39 is 11.4 Å². The topological polar surface area (TPSA) is 86.0 Å². The van der Waals surface area contributed by atoms with E-state index in [1.807, 2.05) is 54.2 Å². The van der Waals surface area contributed by atoms with E-state index in [0.29, 0.717) is 37.7 Å². The van der Waals surface area contributed by atoms with Crippen LogP contribution >= 0.6 is 11.8 Å². The van der Waals surface area contributed by atoms with Crippen molar-refractivity contribution in [2.45, 2.75) is 63.1 Å². The number of carbonyl (C=O) groups is 1. The van der Waals surface area contributed by atoms with E-state index in [2.05, 4.69) is 22.4 Å². The highest BCUT2D eigenvalue weighted by atomic mass is 32.2. The average molecular weight is 573 g/mol. The lowest BCUT2D eigenvalue weighted by Crippen LogP contribution is -2.46. The van der Waals surface area contributed by atoms with Crippen LogP contribution in [0.4, 0.5) is 4.39 Å². The van der Waals surface area contributed by atoms with Gasteiger partial charge in [-0.3, -0.25) is 18.7 Å². The zero-order chi connectivity index (χ0) is 28.3. The van der Waals surface area contributed by atoms with Crippen LogP contribution in [0, 0.1) is 5.82 Å². The van der Waals surface area contributed by atoms with Gasteiger partial charge in [-0.1, -0.05) is 48.5 Å². The Morgan fingerprint density at radius 1 is 0.902 bits per heavy atom. The molecule has 0 bridgehead atoms. The second kappa shape index (κ2) is 12.0. The van der Waals surface area contributed by atoms with Gasteiger partial charge >= 0.3 is 5.69 Å². The van der Waals surface area contributed by atoms with E-state index >= 15 is 0 Å². The van der Waals surface area contributed by atoms with Crippen molar-refractivity contribution in [3.63, 3.8) is 0 Å². The van der Waals surface area contributed by atoms with Crippen molar-refractivity contribution in [1.82, 2.24) is 19.4 Å². The third-order valence-corrected chi connectivity index (χ3v) is 9.42. The largest absolute Gasteiger partial charge is 0.349 e. The highest BCUT2D eigenvalue weighted by Gasteiger charge is 2.30. The molecule has 0 radical (unpaired) electrons. The summed E-state index contributed by atoms with van der Waals surface area (Å²) in [5, 5.41) is 3.34. The minimum absolute atomic E-state index is 0.0589. The Kier molecular flexibility index (Phi) is 8.05. The lowest BCUT2D eigenvalue weighted by molar-refractivity contribution is 0.0921. The average Bonchev–Trinajstić information content (AvgIpc) is 3.00. The molecule has 4 aromatic rings. The van der Waals surface area contributed by atoms with Gasteiger partial charge in [0.15, 0.2) is 0 Å². The maximum Gasteiger partial charge on any atom is 0.333 e. The number of rotatable bonds is 6. The molecule has 2 aromatic carbocycles. The van der Waals surface area contributed by atoms with Gasteiger partial charge in [0.1, 0.15) is 11.5 Å². The number of aromatic nitrogens is 3. The van der Waals surface area contributed by atoms with Gasteiger partial charge in [-0.15, -0.1) is 0 Å². The summed E-state index contributed by atoms with van der Waals surface area (Å²) in [4.78, 5) is 44.9. The zero-order valence-electron chi connectivity index (χ0n) is 22.8. The van der Waals surface area contributed by atoms with Crippen LogP contribution in [0.25, 0.3) is 11.0 Å². The molecule has 0 spiro atoms. The van der Waals surface area contributed by atoms with E-state index in [1.54, 1.807) is 4.57 Å². The minimum Gasteiger partial charge on any atom is -0.349 e. The van der Waals surface area contributed by atoms with E-state index in [1.165, 1.54) is 10.6 Å².